The summed E-state index contributed by atoms with van der Waals surface area (Å²) in [6.45, 7) is 9.58. The monoisotopic (exact) mass is 305 g/mol. The van der Waals surface area contributed by atoms with Gasteiger partial charge in [0.25, 0.3) is 0 Å². The third kappa shape index (κ3) is 4.98. The van der Waals surface area contributed by atoms with Crippen LogP contribution in [0.1, 0.15) is 33.6 Å². The first-order valence-corrected chi connectivity index (χ1v) is 9.27. The fourth-order valence-corrected chi connectivity index (χ4v) is 4.59. The third-order valence-electron chi connectivity index (χ3n) is 3.95. The molecule has 0 aromatic heterocycles. The van der Waals surface area contributed by atoms with Gasteiger partial charge < -0.3 is 4.90 Å². The van der Waals surface area contributed by atoms with Gasteiger partial charge in [-0.2, -0.15) is 4.31 Å². The zero-order chi connectivity index (χ0) is 15.3. The molecule has 0 spiro atoms. The Labute approximate surface area is 125 Å². The minimum Gasteiger partial charge on any atom is -0.309 e. The van der Waals surface area contributed by atoms with Gasteiger partial charge in [0.15, 0.2) is 0 Å². The van der Waals surface area contributed by atoms with E-state index in [-0.39, 0.29) is 5.75 Å². The molecule has 1 fully saturated rings. The summed E-state index contributed by atoms with van der Waals surface area (Å²) in [6.07, 6.45) is 1.82. The Bertz CT molecular complexity index is 372. The predicted octanol–water partition coefficient (Wildman–Crippen LogP) is 1.07. The van der Waals surface area contributed by atoms with E-state index in [1.165, 1.54) is 0 Å². The number of nitrogens with zero attached hydrogens (tertiary/aromatic N) is 3. The molecule has 0 saturated carbocycles. The van der Waals surface area contributed by atoms with Crippen molar-refractivity contribution in [2.24, 2.45) is 0 Å². The topological polar surface area (TPSA) is 43.9 Å². The van der Waals surface area contributed by atoms with Crippen molar-refractivity contribution < 1.29 is 8.42 Å². The van der Waals surface area contributed by atoms with Gasteiger partial charge >= 0.3 is 0 Å². The number of piperazine rings is 1. The molecule has 0 aromatic carbocycles. The number of hydrogen-bond acceptors (Lipinski definition) is 4. The normalized spacial score (nSPS) is 26.3. The molecule has 1 heterocycles. The van der Waals surface area contributed by atoms with Gasteiger partial charge in [0.05, 0.1) is 5.75 Å². The van der Waals surface area contributed by atoms with Gasteiger partial charge in [-0.3, -0.25) is 4.90 Å². The number of hydrogen-bond donors (Lipinski definition) is 0. The summed E-state index contributed by atoms with van der Waals surface area (Å²) in [4.78, 5) is 4.64. The van der Waals surface area contributed by atoms with Gasteiger partial charge in [-0.05, 0) is 47.3 Å². The summed E-state index contributed by atoms with van der Waals surface area (Å²) in [6, 6.07) is 0.597. The molecule has 2 atom stereocenters. The zero-order valence-electron chi connectivity index (χ0n) is 13.7. The summed E-state index contributed by atoms with van der Waals surface area (Å²) in [5.74, 6) is 0.271. The van der Waals surface area contributed by atoms with Crippen molar-refractivity contribution in [1.29, 1.82) is 0 Å². The first kappa shape index (κ1) is 17.9. The van der Waals surface area contributed by atoms with E-state index < -0.39 is 10.0 Å². The van der Waals surface area contributed by atoms with E-state index in [1.54, 1.807) is 4.31 Å². The van der Waals surface area contributed by atoms with Crippen LogP contribution in [0.25, 0.3) is 0 Å². The van der Waals surface area contributed by atoms with Crippen molar-refractivity contribution in [3.63, 3.8) is 0 Å². The van der Waals surface area contributed by atoms with E-state index in [4.69, 9.17) is 0 Å². The van der Waals surface area contributed by atoms with Crippen molar-refractivity contribution in [2.45, 2.75) is 45.7 Å². The van der Waals surface area contributed by atoms with E-state index in [0.717, 1.165) is 19.5 Å². The molecule has 0 bridgehead atoms. The maximum Gasteiger partial charge on any atom is 0.214 e. The molecule has 0 N–H and O–H groups in total. The lowest BCUT2D eigenvalue weighted by molar-refractivity contribution is 0.0740. The first-order valence-electron chi connectivity index (χ1n) is 7.66. The van der Waals surface area contributed by atoms with Crippen LogP contribution < -0.4 is 0 Å². The number of sulfonamides is 1. The molecule has 6 heteroatoms. The predicted molar refractivity (Wildman–Crippen MR) is 84.5 cm³/mol. The molecule has 20 heavy (non-hydrogen) atoms. The first-order chi connectivity index (χ1) is 9.27. The Balaban J connectivity index is 2.58. The van der Waals surface area contributed by atoms with Gasteiger partial charge in [-0.1, -0.05) is 6.92 Å². The summed E-state index contributed by atoms with van der Waals surface area (Å²) in [5.41, 5.74) is 0. The molecule has 120 valence electrons. The molecule has 1 aliphatic rings. The lowest BCUT2D eigenvalue weighted by Gasteiger charge is -2.44. The number of rotatable bonds is 7. The Morgan fingerprint density at radius 1 is 1.15 bits per heavy atom. The minimum absolute atomic E-state index is 0.271. The summed E-state index contributed by atoms with van der Waals surface area (Å²) < 4.78 is 26.1. The highest BCUT2D eigenvalue weighted by atomic mass is 32.2. The lowest BCUT2D eigenvalue weighted by atomic mass is 10.1. The van der Waals surface area contributed by atoms with Crippen molar-refractivity contribution >= 4 is 10.0 Å². The fraction of sp³-hybridized carbons (Fsp3) is 1.00. The summed E-state index contributed by atoms with van der Waals surface area (Å²) in [7, 11) is 1.11. The molecule has 0 radical (unpaired) electrons. The van der Waals surface area contributed by atoms with Crippen molar-refractivity contribution in [3.05, 3.63) is 0 Å². The fourth-order valence-electron chi connectivity index (χ4n) is 2.93. The second-order valence-corrected chi connectivity index (χ2v) is 8.31. The van der Waals surface area contributed by atoms with E-state index in [2.05, 4.69) is 37.7 Å². The maximum absolute atomic E-state index is 12.2. The average molecular weight is 305 g/mol. The zero-order valence-corrected chi connectivity index (χ0v) is 14.5. The maximum atomic E-state index is 12.2. The van der Waals surface area contributed by atoms with Crippen LogP contribution in [0, 0.1) is 0 Å². The van der Waals surface area contributed by atoms with Crippen molar-refractivity contribution in [3.8, 4) is 0 Å². The van der Waals surface area contributed by atoms with Crippen molar-refractivity contribution in [1.82, 2.24) is 14.1 Å². The Hall–Kier alpha value is -0.170. The second kappa shape index (κ2) is 7.73. The highest BCUT2D eigenvalue weighted by Gasteiger charge is 2.34. The second-order valence-electron chi connectivity index (χ2n) is 6.23. The average Bonchev–Trinajstić information content (AvgIpc) is 2.32. The molecule has 0 amide bonds. The van der Waals surface area contributed by atoms with Crippen LogP contribution in [-0.4, -0.2) is 80.6 Å². The van der Waals surface area contributed by atoms with E-state index in [0.29, 0.717) is 31.6 Å². The molecule has 0 aromatic rings. The van der Waals surface area contributed by atoms with Crippen LogP contribution in [-0.2, 0) is 10.0 Å². The molecular weight excluding hydrogens is 274 g/mol. The summed E-state index contributed by atoms with van der Waals surface area (Å²) in [5, 5.41) is 0. The van der Waals surface area contributed by atoms with Gasteiger partial charge in [0.2, 0.25) is 10.0 Å². The Morgan fingerprint density at radius 3 is 2.15 bits per heavy atom. The smallest absolute Gasteiger partial charge is 0.214 e. The van der Waals surface area contributed by atoms with E-state index in [9.17, 15) is 8.42 Å². The SMILES string of the molecule is CCCS(=O)(=O)N1CC(C)N(CCCN(C)C)C(C)C1. The van der Waals surface area contributed by atoms with Crippen molar-refractivity contribution in [2.75, 3.05) is 46.0 Å². The van der Waals surface area contributed by atoms with Crippen LogP contribution in [0.2, 0.25) is 0 Å². The standard InChI is InChI=1S/C14H31N3O2S/c1-6-10-20(18,19)16-11-13(2)17(14(3)12-16)9-7-8-15(4)5/h13-14H,6-12H2,1-5H3. The highest BCUT2D eigenvalue weighted by Crippen LogP contribution is 2.19. The van der Waals surface area contributed by atoms with E-state index >= 15 is 0 Å². The molecule has 1 rings (SSSR count). The van der Waals surface area contributed by atoms with Crippen LogP contribution in [0.5, 0.6) is 0 Å². The lowest BCUT2D eigenvalue weighted by Crippen LogP contribution is -2.58. The largest absolute Gasteiger partial charge is 0.309 e. The van der Waals surface area contributed by atoms with Crippen LogP contribution in [0.3, 0.4) is 0 Å². The molecule has 2 unspecified atom stereocenters. The minimum atomic E-state index is -3.06. The Kier molecular flexibility index (Phi) is 6.91. The van der Waals surface area contributed by atoms with Crippen LogP contribution >= 0.6 is 0 Å². The summed E-state index contributed by atoms with van der Waals surface area (Å²) >= 11 is 0. The van der Waals surface area contributed by atoms with Gasteiger partial charge in [0.1, 0.15) is 0 Å². The molecule has 0 aliphatic carbocycles. The highest BCUT2D eigenvalue weighted by molar-refractivity contribution is 7.89. The quantitative estimate of drug-likeness (QED) is 0.706. The van der Waals surface area contributed by atoms with Gasteiger partial charge in [-0.15, -0.1) is 0 Å². The van der Waals surface area contributed by atoms with Crippen LogP contribution in [0.15, 0.2) is 0 Å². The van der Waals surface area contributed by atoms with Gasteiger partial charge in [0, 0.05) is 31.7 Å². The van der Waals surface area contributed by atoms with E-state index in [1.807, 2.05) is 6.92 Å². The molecular formula is C14H31N3O2S. The third-order valence-corrected chi connectivity index (χ3v) is 5.95. The molecule has 1 saturated heterocycles. The Morgan fingerprint density at radius 2 is 1.70 bits per heavy atom. The van der Waals surface area contributed by atoms with Crippen LogP contribution in [0.4, 0.5) is 0 Å². The molecule has 1 aliphatic heterocycles. The van der Waals surface area contributed by atoms with Gasteiger partial charge in [-0.25, -0.2) is 8.42 Å². The molecule has 5 nitrogen and oxygen atoms in total.